The van der Waals surface area contributed by atoms with Crippen LogP contribution in [0, 0.1) is 13.8 Å². The Morgan fingerprint density at radius 3 is 2.70 bits per heavy atom. The maximum atomic E-state index is 12.0. The van der Waals surface area contributed by atoms with E-state index >= 15 is 0 Å². The summed E-state index contributed by atoms with van der Waals surface area (Å²) in [6.07, 6.45) is 3.35. The standard InChI is InChI=1S/C18H19ClN2O2/c1-12-9-13(2)17(16(19)10-12)21-18(22)20-8-7-14-5-4-6-15(11-14)23-3/h4-11H,1-3H3,(H2,20,21,22)/b8-7+. The Kier molecular flexibility index (Phi) is 5.66. The Morgan fingerprint density at radius 2 is 2.00 bits per heavy atom. The second-order valence-electron chi connectivity index (χ2n) is 5.15. The number of benzene rings is 2. The van der Waals surface area contributed by atoms with E-state index in [1.807, 2.05) is 50.2 Å². The van der Waals surface area contributed by atoms with Crippen LogP contribution in [0.4, 0.5) is 10.5 Å². The van der Waals surface area contributed by atoms with Crippen molar-refractivity contribution in [1.82, 2.24) is 5.32 Å². The number of ether oxygens (including phenoxy) is 1. The number of halogens is 1. The number of hydrogen-bond acceptors (Lipinski definition) is 2. The van der Waals surface area contributed by atoms with E-state index in [1.165, 1.54) is 0 Å². The molecular weight excluding hydrogens is 312 g/mol. The van der Waals surface area contributed by atoms with Gasteiger partial charge in [0.05, 0.1) is 17.8 Å². The Balaban J connectivity index is 1.99. The molecule has 5 heteroatoms. The average molecular weight is 331 g/mol. The molecule has 2 amide bonds. The van der Waals surface area contributed by atoms with Crippen LogP contribution in [-0.4, -0.2) is 13.1 Å². The Morgan fingerprint density at radius 1 is 1.22 bits per heavy atom. The minimum Gasteiger partial charge on any atom is -0.497 e. The van der Waals surface area contributed by atoms with Crippen molar-refractivity contribution >= 4 is 29.4 Å². The zero-order chi connectivity index (χ0) is 16.8. The van der Waals surface area contributed by atoms with Gasteiger partial charge in [0, 0.05) is 6.20 Å². The van der Waals surface area contributed by atoms with Gasteiger partial charge in [0.15, 0.2) is 0 Å². The highest BCUT2D eigenvalue weighted by Gasteiger charge is 2.08. The fourth-order valence-electron chi connectivity index (χ4n) is 2.18. The van der Waals surface area contributed by atoms with E-state index in [4.69, 9.17) is 16.3 Å². The molecule has 2 aromatic rings. The number of amides is 2. The van der Waals surface area contributed by atoms with Gasteiger partial charge in [0.1, 0.15) is 5.75 Å². The molecule has 0 unspecified atom stereocenters. The maximum Gasteiger partial charge on any atom is 0.323 e. The van der Waals surface area contributed by atoms with Gasteiger partial charge >= 0.3 is 6.03 Å². The zero-order valence-electron chi connectivity index (χ0n) is 13.3. The van der Waals surface area contributed by atoms with Crippen LogP contribution in [0.25, 0.3) is 6.08 Å². The van der Waals surface area contributed by atoms with Gasteiger partial charge in [-0.25, -0.2) is 4.79 Å². The molecule has 0 saturated heterocycles. The number of urea groups is 1. The summed E-state index contributed by atoms with van der Waals surface area (Å²) in [6, 6.07) is 11.0. The van der Waals surface area contributed by atoms with Crippen LogP contribution < -0.4 is 15.4 Å². The average Bonchev–Trinajstić information content (AvgIpc) is 2.51. The molecule has 0 saturated carbocycles. The highest BCUT2D eigenvalue weighted by Crippen LogP contribution is 2.27. The van der Waals surface area contributed by atoms with E-state index in [1.54, 1.807) is 19.4 Å². The normalized spacial score (nSPS) is 10.6. The molecule has 0 aliphatic heterocycles. The van der Waals surface area contributed by atoms with Gasteiger partial charge in [-0.1, -0.05) is 29.8 Å². The van der Waals surface area contributed by atoms with E-state index < -0.39 is 0 Å². The predicted molar refractivity (Wildman–Crippen MR) is 95.1 cm³/mol. The second-order valence-corrected chi connectivity index (χ2v) is 5.55. The molecule has 0 radical (unpaired) electrons. The molecule has 2 aromatic carbocycles. The first-order valence-electron chi connectivity index (χ1n) is 7.14. The number of anilines is 1. The summed E-state index contributed by atoms with van der Waals surface area (Å²) < 4.78 is 5.15. The first-order chi connectivity index (χ1) is 11.0. The minimum atomic E-state index is -0.349. The van der Waals surface area contributed by atoms with Gasteiger partial charge in [-0.05, 0) is 54.8 Å². The molecular formula is C18H19ClN2O2. The minimum absolute atomic E-state index is 0.349. The third-order valence-corrected chi connectivity index (χ3v) is 3.55. The van der Waals surface area contributed by atoms with Gasteiger partial charge in [-0.15, -0.1) is 0 Å². The summed E-state index contributed by atoms with van der Waals surface area (Å²) >= 11 is 6.17. The third-order valence-electron chi connectivity index (χ3n) is 3.25. The van der Waals surface area contributed by atoms with Crippen LogP contribution in [0.15, 0.2) is 42.6 Å². The highest BCUT2D eigenvalue weighted by molar-refractivity contribution is 6.34. The molecule has 0 atom stereocenters. The predicted octanol–water partition coefficient (Wildman–Crippen LogP) is 4.76. The van der Waals surface area contributed by atoms with Crippen molar-refractivity contribution < 1.29 is 9.53 Å². The Hall–Kier alpha value is -2.46. The lowest BCUT2D eigenvalue weighted by molar-refractivity contribution is 0.255. The van der Waals surface area contributed by atoms with Crippen molar-refractivity contribution in [1.29, 1.82) is 0 Å². The fraction of sp³-hybridized carbons (Fsp3) is 0.167. The summed E-state index contributed by atoms with van der Waals surface area (Å²) in [7, 11) is 1.61. The third kappa shape index (κ3) is 4.76. The van der Waals surface area contributed by atoms with Gasteiger partial charge < -0.3 is 15.4 Å². The van der Waals surface area contributed by atoms with E-state index in [2.05, 4.69) is 10.6 Å². The van der Waals surface area contributed by atoms with Gasteiger partial charge in [0.25, 0.3) is 0 Å². The zero-order valence-corrected chi connectivity index (χ0v) is 14.1. The van der Waals surface area contributed by atoms with Crippen molar-refractivity contribution in [3.05, 3.63) is 64.3 Å². The number of hydrogen-bond donors (Lipinski definition) is 2. The number of nitrogens with one attached hydrogen (secondary N) is 2. The number of methoxy groups -OCH3 is 1. The van der Waals surface area contributed by atoms with Crippen molar-refractivity contribution in [2.75, 3.05) is 12.4 Å². The smallest absolute Gasteiger partial charge is 0.323 e. The van der Waals surface area contributed by atoms with Crippen LogP contribution >= 0.6 is 11.6 Å². The lowest BCUT2D eigenvalue weighted by atomic mass is 10.1. The van der Waals surface area contributed by atoms with E-state index in [0.717, 1.165) is 22.4 Å². The second kappa shape index (κ2) is 7.70. The SMILES string of the molecule is COc1cccc(/C=C/NC(=O)Nc2c(C)cc(C)cc2Cl)c1. The van der Waals surface area contributed by atoms with E-state index in [9.17, 15) is 4.79 Å². The topological polar surface area (TPSA) is 50.4 Å². The quantitative estimate of drug-likeness (QED) is 0.849. The van der Waals surface area contributed by atoms with Gasteiger partial charge in [0.2, 0.25) is 0 Å². The van der Waals surface area contributed by atoms with Crippen LogP contribution in [0.3, 0.4) is 0 Å². The molecule has 0 fully saturated rings. The van der Waals surface area contributed by atoms with Crippen molar-refractivity contribution in [2.45, 2.75) is 13.8 Å². The molecule has 4 nitrogen and oxygen atoms in total. The maximum absolute atomic E-state index is 12.0. The summed E-state index contributed by atoms with van der Waals surface area (Å²) in [5.74, 6) is 0.763. The largest absolute Gasteiger partial charge is 0.497 e. The lowest BCUT2D eigenvalue weighted by Gasteiger charge is -2.11. The van der Waals surface area contributed by atoms with Crippen molar-refractivity contribution in [3.8, 4) is 5.75 Å². The summed E-state index contributed by atoms with van der Waals surface area (Å²) in [4.78, 5) is 12.0. The van der Waals surface area contributed by atoms with Crippen LogP contribution in [0.5, 0.6) is 5.75 Å². The molecule has 120 valence electrons. The van der Waals surface area contributed by atoms with Crippen LogP contribution in [-0.2, 0) is 0 Å². The monoisotopic (exact) mass is 330 g/mol. The molecule has 0 bridgehead atoms. The molecule has 0 heterocycles. The highest BCUT2D eigenvalue weighted by atomic mass is 35.5. The Labute approximate surface area is 141 Å². The van der Waals surface area contributed by atoms with Gasteiger partial charge in [-0.2, -0.15) is 0 Å². The van der Waals surface area contributed by atoms with E-state index in [-0.39, 0.29) is 6.03 Å². The summed E-state index contributed by atoms with van der Waals surface area (Å²) in [5, 5.41) is 5.94. The van der Waals surface area contributed by atoms with Crippen molar-refractivity contribution in [2.24, 2.45) is 0 Å². The van der Waals surface area contributed by atoms with Crippen molar-refractivity contribution in [3.63, 3.8) is 0 Å². The van der Waals surface area contributed by atoms with Crippen LogP contribution in [0.2, 0.25) is 5.02 Å². The summed E-state index contributed by atoms with van der Waals surface area (Å²) in [5.41, 5.74) is 3.51. The molecule has 0 aliphatic rings. The number of carbonyl (C=O) groups is 1. The molecule has 2 N–H and O–H groups in total. The Bertz CT molecular complexity index is 719. The summed E-state index contributed by atoms with van der Waals surface area (Å²) in [6.45, 7) is 3.86. The number of carbonyl (C=O) groups excluding carboxylic acids is 1. The first-order valence-corrected chi connectivity index (χ1v) is 7.52. The van der Waals surface area contributed by atoms with E-state index in [0.29, 0.717) is 10.7 Å². The number of rotatable bonds is 4. The van der Waals surface area contributed by atoms with Crippen LogP contribution in [0.1, 0.15) is 16.7 Å². The molecule has 0 spiro atoms. The molecule has 23 heavy (non-hydrogen) atoms. The lowest BCUT2D eigenvalue weighted by Crippen LogP contribution is -2.24. The first kappa shape index (κ1) is 16.9. The fourth-order valence-corrected chi connectivity index (χ4v) is 2.55. The molecule has 0 aliphatic carbocycles. The molecule has 0 aromatic heterocycles. The molecule has 2 rings (SSSR count). The number of aryl methyl sites for hydroxylation is 2. The van der Waals surface area contributed by atoms with Gasteiger partial charge in [-0.3, -0.25) is 0 Å².